The monoisotopic (exact) mass is 546 g/mol. The predicted octanol–water partition coefficient (Wildman–Crippen LogP) is 6.35. The van der Waals surface area contributed by atoms with Gasteiger partial charge in [-0.1, -0.05) is 65.3 Å². The van der Waals surface area contributed by atoms with Gasteiger partial charge in [-0.2, -0.15) is 0 Å². The van der Waals surface area contributed by atoms with E-state index in [2.05, 4.69) is 55.2 Å². The van der Waals surface area contributed by atoms with Crippen LogP contribution in [0.2, 0.25) is 0 Å². The molecule has 0 saturated heterocycles. The lowest BCUT2D eigenvalue weighted by Gasteiger charge is -2.21. The van der Waals surface area contributed by atoms with Crippen molar-refractivity contribution in [3.63, 3.8) is 0 Å². The second-order valence-electron chi connectivity index (χ2n) is 5.73. The van der Waals surface area contributed by atoms with E-state index in [0.29, 0.717) is 21.9 Å². The van der Waals surface area contributed by atoms with Crippen molar-refractivity contribution in [1.29, 1.82) is 0 Å². The summed E-state index contributed by atoms with van der Waals surface area (Å²) in [5.74, 6) is 0.265. The smallest absolute Gasteiger partial charge is 0.337 e. The van der Waals surface area contributed by atoms with Crippen molar-refractivity contribution in [3.8, 4) is 0 Å². The molecule has 1 aliphatic rings. The molecule has 0 aromatic heterocycles. The maximum Gasteiger partial charge on any atom is 0.337 e. The van der Waals surface area contributed by atoms with Crippen molar-refractivity contribution in [1.82, 2.24) is 5.32 Å². The number of allylic oxidation sites excluding steroid dienone is 3. The number of benzene rings is 1. The van der Waals surface area contributed by atoms with Gasteiger partial charge in [-0.15, -0.1) is 0 Å². The fraction of sp³-hybridized carbons (Fsp3) is 0.333. The summed E-state index contributed by atoms with van der Waals surface area (Å²) in [4.78, 5) is 17.3. The number of esters is 1. The van der Waals surface area contributed by atoms with Crippen LogP contribution in [0.3, 0.4) is 0 Å². The van der Waals surface area contributed by atoms with Crippen molar-refractivity contribution < 1.29 is 13.9 Å². The lowest BCUT2D eigenvalue weighted by Crippen LogP contribution is -2.32. The van der Waals surface area contributed by atoms with Crippen LogP contribution in [0.4, 0.5) is 4.39 Å². The quantitative estimate of drug-likeness (QED) is 0.319. The summed E-state index contributed by atoms with van der Waals surface area (Å²) in [6.45, 7) is 4.47. The Labute approximate surface area is 193 Å². The molecule has 4 nitrogen and oxygen atoms in total. The Hall–Kier alpha value is -1.38. The van der Waals surface area contributed by atoms with Gasteiger partial charge in [0, 0.05) is 15.9 Å². The lowest BCUT2D eigenvalue weighted by atomic mass is 10.2. The van der Waals surface area contributed by atoms with Gasteiger partial charge in [0.05, 0.1) is 23.7 Å². The highest BCUT2D eigenvalue weighted by molar-refractivity contribution is 9.10. The fourth-order valence-corrected chi connectivity index (χ4v) is 3.62. The zero-order valence-corrected chi connectivity index (χ0v) is 20.7. The molecule has 0 atom stereocenters. The number of ether oxygens (including phenoxy) is 1. The van der Waals surface area contributed by atoms with Crippen LogP contribution in [-0.2, 0) is 9.53 Å². The number of aliphatic imine (C=N–C) groups is 1. The molecule has 8 heteroatoms. The van der Waals surface area contributed by atoms with Crippen molar-refractivity contribution in [3.05, 3.63) is 68.3 Å². The fourth-order valence-electron chi connectivity index (χ4n) is 2.13. The number of unbranched alkanes of at least 4 members (excludes halogenated alkanes) is 1. The first-order chi connectivity index (χ1) is 14.0. The van der Waals surface area contributed by atoms with E-state index in [1.165, 1.54) is 13.2 Å². The number of methoxy groups -OCH3 is 1. The molecule has 1 N–H and O–H groups in total. The van der Waals surface area contributed by atoms with Gasteiger partial charge >= 0.3 is 5.97 Å². The van der Waals surface area contributed by atoms with Crippen LogP contribution in [0.5, 0.6) is 0 Å². The topological polar surface area (TPSA) is 50.7 Å². The summed E-state index contributed by atoms with van der Waals surface area (Å²) in [6, 6.07) is 6.49. The number of nitrogens with zero attached hydrogens (tertiary/aromatic N) is 1. The third-order valence-corrected chi connectivity index (χ3v) is 5.83. The Morgan fingerprint density at radius 3 is 2.66 bits per heavy atom. The van der Waals surface area contributed by atoms with Crippen molar-refractivity contribution >= 4 is 55.4 Å². The van der Waals surface area contributed by atoms with Gasteiger partial charge in [0.25, 0.3) is 0 Å². The van der Waals surface area contributed by atoms with Gasteiger partial charge in [0.15, 0.2) is 0 Å². The minimum Gasteiger partial charge on any atom is -0.466 e. The first-order valence-corrected chi connectivity index (χ1v) is 11.8. The normalized spacial score (nSPS) is 14.1. The number of alkyl halides is 1. The highest BCUT2D eigenvalue weighted by atomic mass is 79.9. The minimum atomic E-state index is -0.333. The second kappa shape index (κ2) is 14.6. The maximum absolute atomic E-state index is 12.3. The molecule has 0 bridgehead atoms. The highest BCUT2D eigenvalue weighted by Crippen LogP contribution is 2.23. The summed E-state index contributed by atoms with van der Waals surface area (Å²) in [6.07, 6.45) is 6.25. The van der Waals surface area contributed by atoms with Crippen LogP contribution in [0, 0.1) is 5.82 Å². The van der Waals surface area contributed by atoms with Gasteiger partial charge in [0.2, 0.25) is 0 Å². The van der Waals surface area contributed by atoms with Gasteiger partial charge in [-0.05, 0) is 46.8 Å². The standard InChI is InChI=1S/C15H21BrN2O2S.C6H4BrF/c1-4-6-7-13(21-8-5-2)14-17-10-11(15(19)20-3)12(9-16)18-14;7-5-3-1-2-4-6(5)8/h5,7-8H,4,6,9-10H2,1-3H3,(H,17,18);1-4H/b8-5-,13-7+;. The summed E-state index contributed by atoms with van der Waals surface area (Å²) in [5.41, 5.74) is 1.39. The maximum atomic E-state index is 12.3. The molecular formula is C21H25Br2FN2O2S. The Bertz CT molecular complexity index is 787. The Balaban J connectivity index is 0.000000436. The van der Waals surface area contributed by atoms with E-state index in [1.54, 1.807) is 30.0 Å². The zero-order valence-electron chi connectivity index (χ0n) is 16.7. The molecule has 0 saturated carbocycles. The number of halogens is 3. The molecule has 29 heavy (non-hydrogen) atoms. The lowest BCUT2D eigenvalue weighted by molar-refractivity contribution is -0.136. The molecule has 0 amide bonds. The van der Waals surface area contributed by atoms with E-state index in [0.717, 1.165) is 29.3 Å². The molecule has 2 rings (SSSR count). The Morgan fingerprint density at radius 2 is 2.14 bits per heavy atom. The molecule has 0 fully saturated rings. The third kappa shape index (κ3) is 8.88. The van der Waals surface area contributed by atoms with Gasteiger partial charge in [0.1, 0.15) is 11.7 Å². The zero-order chi connectivity index (χ0) is 21.6. The number of nitrogens with one attached hydrogen (secondary N) is 1. The SMILES string of the molecule is C/C=C\S/C(=C/CCC)C1=NCC(C(=O)OC)=C(CBr)N1.Fc1ccccc1Br. The average molecular weight is 548 g/mol. The third-order valence-electron chi connectivity index (χ3n) is 3.60. The Kier molecular flexibility index (Phi) is 12.9. The molecule has 1 aromatic carbocycles. The Morgan fingerprint density at radius 1 is 1.41 bits per heavy atom. The summed E-state index contributed by atoms with van der Waals surface area (Å²) in [5, 5.41) is 5.83. The molecule has 0 radical (unpaired) electrons. The molecule has 1 aliphatic heterocycles. The molecule has 0 spiro atoms. The number of rotatable bonds is 7. The minimum absolute atomic E-state index is 0.215. The van der Waals surface area contributed by atoms with Gasteiger partial charge in [-0.25, -0.2) is 9.18 Å². The summed E-state index contributed by atoms with van der Waals surface area (Å²) >= 11 is 8.06. The first-order valence-electron chi connectivity index (χ1n) is 9.04. The van der Waals surface area contributed by atoms with E-state index in [1.807, 2.05) is 18.4 Å². The van der Waals surface area contributed by atoms with E-state index in [9.17, 15) is 9.18 Å². The summed E-state index contributed by atoms with van der Waals surface area (Å²) < 4.78 is 17.6. The molecule has 158 valence electrons. The van der Waals surface area contributed by atoms with Gasteiger partial charge < -0.3 is 10.1 Å². The van der Waals surface area contributed by atoms with Gasteiger partial charge in [-0.3, -0.25) is 4.99 Å². The number of thioether (sulfide) groups is 1. The van der Waals surface area contributed by atoms with Crippen LogP contribution in [0.1, 0.15) is 26.7 Å². The van der Waals surface area contributed by atoms with E-state index >= 15 is 0 Å². The van der Waals surface area contributed by atoms with Crippen LogP contribution in [0.25, 0.3) is 0 Å². The van der Waals surface area contributed by atoms with Crippen LogP contribution in [-0.4, -0.2) is 30.8 Å². The number of hydrogen-bond acceptors (Lipinski definition) is 5. The first kappa shape index (κ1) is 25.7. The van der Waals surface area contributed by atoms with Crippen molar-refractivity contribution in [2.24, 2.45) is 4.99 Å². The number of carbonyl (C=O) groups is 1. The largest absolute Gasteiger partial charge is 0.466 e. The van der Waals surface area contributed by atoms with Crippen molar-refractivity contribution in [2.75, 3.05) is 19.0 Å². The molecule has 0 unspecified atom stereocenters. The number of carbonyl (C=O) groups excluding carboxylic acids is 1. The average Bonchev–Trinajstić information content (AvgIpc) is 2.75. The molecule has 0 aliphatic carbocycles. The molecular weight excluding hydrogens is 523 g/mol. The van der Waals surface area contributed by atoms with Crippen LogP contribution >= 0.6 is 43.6 Å². The molecule has 1 heterocycles. The second-order valence-corrected chi connectivity index (χ2v) is 8.09. The van der Waals surface area contributed by atoms with Crippen LogP contribution in [0.15, 0.2) is 67.5 Å². The van der Waals surface area contributed by atoms with E-state index in [4.69, 9.17) is 4.74 Å². The highest BCUT2D eigenvalue weighted by Gasteiger charge is 2.22. The van der Waals surface area contributed by atoms with Crippen molar-refractivity contribution in [2.45, 2.75) is 26.7 Å². The number of hydrogen-bond donors (Lipinski definition) is 1. The molecule has 1 aromatic rings. The van der Waals surface area contributed by atoms with Crippen LogP contribution < -0.4 is 5.32 Å². The van der Waals surface area contributed by atoms with E-state index in [-0.39, 0.29) is 11.8 Å². The predicted molar refractivity (Wildman–Crippen MR) is 128 cm³/mol. The summed E-state index contributed by atoms with van der Waals surface area (Å²) in [7, 11) is 1.38. The van der Waals surface area contributed by atoms with E-state index < -0.39 is 0 Å². The number of amidine groups is 1.